The fourth-order valence-electron chi connectivity index (χ4n) is 4.67. The molecule has 2 aliphatic heterocycles. The smallest absolute Gasteiger partial charge is 0.276 e. The summed E-state index contributed by atoms with van der Waals surface area (Å²) in [6, 6.07) is 1.59. The summed E-state index contributed by atoms with van der Waals surface area (Å²) in [5.74, 6) is 0.545. The molecule has 0 radical (unpaired) electrons. The van der Waals surface area contributed by atoms with E-state index in [0.717, 1.165) is 50.0 Å². The number of hydrogen-bond donors (Lipinski definition) is 1. The number of carbonyl (C=O) groups excluding carboxylic acids is 1. The molecule has 1 amide bonds. The molecular formula is C19H23N5O4. The Morgan fingerprint density at radius 3 is 2.64 bits per heavy atom. The highest BCUT2D eigenvalue weighted by Crippen LogP contribution is 2.44. The third-order valence-corrected chi connectivity index (χ3v) is 6.33. The maximum absolute atomic E-state index is 12.7. The number of hydrogen-bond acceptors (Lipinski definition) is 7. The number of nitrogens with zero attached hydrogens (tertiary/aromatic N) is 4. The molecule has 2 aromatic heterocycles. The third-order valence-electron chi connectivity index (χ3n) is 6.33. The molecule has 3 aliphatic rings. The SMILES string of the molecule is O=C(c1ccon1)N1CCC2(CCc3c2nc(N2CCOCC2)[nH]c3=O)CC1. The van der Waals surface area contributed by atoms with E-state index in [1.54, 1.807) is 6.07 Å². The number of rotatable bonds is 2. The van der Waals surface area contributed by atoms with E-state index in [1.807, 2.05) is 4.90 Å². The van der Waals surface area contributed by atoms with Crippen LogP contribution in [0.1, 0.15) is 41.0 Å². The minimum absolute atomic E-state index is 0.0236. The standard InChI is InChI=1S/C19H23N5O4/c25-16-13-1-3-19(15(13)20-18(21-16)24-8-11-27-12-9-24)4-6-23(7-5-19)17(26)14-2-10-28-22-14/h2,10H,1,3-9,11-12H2,(H,20,21,25). The van der Waals surface area contributed by atoms with E-state index < -0.39 is 0 Å². The van der Waals surface area contributed by atoms with E-state index in [2.05, 4.69) is 15.0 Å². The third kappa shape index (κ3) is 2.81. The highest BCUT2D eigenvalue weighted by molar-refractivity contribution is 5.92. The molecule has 0 bridgehead atoms. The van der Waals surface area contributed by atoms with Crippen molar-refractivity contribution in [3.05, 3.63) is 39.6 Å². The molecule has 1 N–H and O–H groups in total. The predicted octanol–water partition coefficient (Wildman–Crippen LogP) is 0.715. The zero-order valence-electron chi connectivity index (χ0n) is 15.6. The summed E-state index contributed by atoms with van der Waals surface area (Å²) in [4.78, 5) is 37.0. The van der Waals surface area contributed by atoms with Gasteiger partial charge in [0.25, 0.3) is 11.5 Å². The summed E-state index contributed by atoms with van der Waals surface area (Å²) >= 11 is 0. The number of aromatic amines is 1. The maximum atomic E-state index is 12.7. The van der Waals surface area contributed by atoms with Gasteiger partial charge in [-0.2, -0.15) is 0 Å². The Balaban J connectivity index is 1.39. The first-order chi connectivity index (χ1) is 13.7. The van der Waals surface area contributed by atoms with Crippen LogP contribution in [0.3, 0.4) is 0 Å². The monoisotopic (exact) mass is 385 g/mol. The Labute approximate surface area is 161 Å². The van der Waals surface area contributed by atoms with Crippen LogP contribution in [-0.4, -0.2) is 65.3 Å². The van der Waals surface area contributed by atoms with Crippen LogP contribution in [0, 0.1) is 0 Å². The average Bonchev–Trinajstić information content (AvgIpc) is 3.38. The number of piperidine rings is 1. The number of aromatic nitrogens is 3. The maximum Gasteiger partial charge on any atom is 0.276 e. The molecule has 0 aromatic carbocycles. The topological polar surface area (TPSA) is 105 Å². The first-order valence-electron chi connectivity index (χ1n) is 9.82. The lowest BCUT2D eigenvalue weighted by atomic mass is 9.76. The minimum Gasteiger partial charge on any atom is -0.378 e. The van der Waals surface area contributed by atoms with E-state index in [9.17, 15) is 9.59 Å². The van der Waals surface area contributed by atoms with Crippen molar-refractivity contribution >= 4 is 11.9 Å². The lowest BCUT2D eigenvalue weighted by Gasteiger charge is -2.39. The molecule has 148 valence electrons. The van der Waals surface area contributed by atoms with E-state index in [0.29, 0.717) is 37.9 Å². The second-order valence-electron chi connectivity index (χ2n) is 7.77. The fourth-order valence-corrected chi connectivity index (χ4v) is 4.67. The quantitative estimate of drug-likeness (QED) is 0.812. The molecule has 1 spiro atoms. The van der Waals surface area contributed by atoms with Crippen LogP contribution in [-0.2, 0) is 16.6 Å². The summed E-state index contributed by atoms with van der Waals surface area (Å²) in [6.45, 7) is 4.01. The summed E-state index contributed by atoms with van der Waals surface area (Å²) < 4.78 is 10.2. The number of ether oxygens (including phenoxy) is 1. The molecule has 1 aliphatic carbocycles. The van der Waals surface area contributed by atoms with Gasteiger partial charge in [0, 0.05) is 43.2 Å². The Kier molecular flexibility index (Phi) is 4.19. The van der Waals surface area contributed by atoms with Crippen molar-refractivity contribution in [2.75, 3.05) is 44.3 Å². The second kappa shape index (κ2) is 6.73. The summed E-state index contributed by atoms with van der Waals surface area (Å²) in [5, 5.41) is 3.75. The summed E-state index contributed by atoms with van der Waals surface area (Å²) in [7, 11) is 0. The van der Waals surface area contributed by atoms with Crippen molar-refractivity contribution in [2.24, 2.45) is 0 Å². The second-order valence-corrected chi connectivity index (χ2v) is 7.77. The van der Waals surface area contributed by atoms with Crippen molar-refractivity contribution in [3.8, 4) is 0 Å². The highest BCUT2D eigenvalue weighted by Gasteiger charge is 2.45. The Morgan fingerprint density at radius 2 is 1.93 bits per heavy atom. The van der Waals surface area contributed by atoms with E-state index in [4.69, 9.17) is 14.2 Å². The van der Waals surface area contributed by atoms with Gasteiger partial charge >= 0.3 is 0 Å². The molecule has 0 saturated carbocycles. The number of likely N-dealkylation sites (tertiary alicyclic amines) is 1. The molecule has 2 saturated heterocycles. The molecular weight excluding hydrogens is 362 g/mol. The first-order valence-corrected chi connectivity index (χ1v) is 9.82. The summed E-state index contributed by atoms with van der Waals surface area (Å²) in [5.41, 5.74) is 1.95. The molecule has 9 heteroatoms. The molecule has 9 nitrogen and oxygen atoms in total. The molecule has 4 heterocycles. The minimum atomic E-state index is -0.120. The molecule has 0 atom stereocenters. The molecule has 2 fully saturated rings. The van der Waals surface area contributed by atoms with Gasteiger partial charge in [-0.1, -0.05) is 5.16 Å². The molecule has 5 rings (SSSR count). The summed E-state index contributed by atoms with van der Waals surface area (Å²) in [6.07, 6.45) is 4.69. The van der Waals surface area contributed by atoms with Gasteiger partial charge in [0.15, 0.2) is 5.69 Å². The van der Waals surface area contributed by atoms with Gasteiger partial charge in [0.2, 0.25) is 5.95 Å². The lowest BCUT2D eigenvalue weighted by Crippen LogP contribution is -2.45. The van der Waals surface area contributed by atoms with Crippen LogP contribution in [0.15, 0.2) is 21.6 Å². The normalized spacial score (nSPS) is 21.1. The molecule has 28 heavy (non-hydrogen) atoms. The van der Waals surface area contributed by atoms with Gasteiger partial charge in [-0.15, -0.1) is 0 Å². The van der Waals surface area contributed by atoms with Crippen LogP contribution in [0.5, 0.6) is 0 Å². The van der Waals surface area contributed by atoms with E-state index in [1.165, 1.54) is 6.26 Å². The Bertz CT molecular complexity index is 924. The van der Waals surface area contributed by atoms with Gasteiger partial charge in [0.05, 0.1) is 18.9 Å². The number of nitrogens with one attached hydrogen (secondary N) is 1. The van der Waals surface area contributed by atoms with Crippen LogP contribution in [0.2, 0.25) is 0 Å². The number of fused-ring (bicyclic) bond motifs is 2. The van der Waals surface area contributed by atoms with Crippen LogP contribution in [0.4, 0.5) is 5.95 Å². The molecule has 0 unspecified atom stereocenters. The number of morpholine rings is 1. The van der Waals surface area contributed by atoms with E-state index >= 15 is 0 Å². The largest absolute Gasteiger partial charge is 0.378 e. The fraction of sp³-hybridized carbons (Fsp3) is 0.579. The number of H-pyrrole nitrogens is 1. The van der Waals surface area contributed by atoms with Crippen LogP contribution in [0.25, 0.3) is 0 Å². The van der Waals surface area contributed by atoms with Crippen molar-refractivity contribution in [2.45, 2.75) is 31.1 Å². The van der Waals surface area contributed by atoms with Crippen molar-refractivity contribution < 1.29 is 14.1 Å². The van der Waals surface area contributed by atoms with Gasteiger partial charge < -0.3 is 19.1 Å². The first kappa shape index (κ1) is 17.4. The predicted molar refractivity (Wildman–Crippen MR) is 99.5 cm³/mol. The van der Waals surface area contributed by atoms with Gasteiger partial charge in [0.1, 0.15) is 6.26 Å². The number of anilines is 1. The van der Waals surface area contributed by atoms with Crippen molar-refractivity contribution in [1.29, 1.82) is 0 Å². The van der Waals surface area contributed by atoms with Crippen LogP contribution >= 0.6 is 0 Å². The van der Waals surface area contributed by atoms with Gasteiger partial charge in [-0.3, -0.25) is 14.6 Å². The zero-order valence-corrected chi connectivity index (χ0v) is 15.6. The Hall–Kier alpha value is -2.68. The van der Waals surface area contributed by atoms with Crippen LogP contribution < -0.4 is 10.5 Å². The van der Waals surface area contributed by atoms with Crippen molar-refractivity contribution in [3.63, 3.8) is 0 Å². The van der Waals surface area contributed by atoms with Gasteiger partial charge in [-0.05, 0) is 25.7 Å². The molecule has 2 aromatic rings. The number of amides is 1. The highest BCUT2D eigenvalue weighted by atomic mass is 16.5. The number of carbonyl (C=O) groups is 1. The lowest BCUT2D eigenvalue weighted by molar-refractivity contribution is 0.0653. The van der Waals surface area contributed by atoms with Crippen molar-refractivity contribution in [1.82, 2.24) is 20.0 Å². The zero-order chi connectivity index (χ0) is 19.1. The average molecular weight is 385 g/mol. The van der Waals surface area contributed by atoms with E-state index in [-0.39, 0.29) is 16.9 Å². The van der Waals surface area contributed by atoms with Gasteiger partial charge in [-0.25, -0.2) is 4.98 Å². The Morgan fingerprint density at radius 1 is 1.14 bits per heavy atom.